The van der Waals surface area contributed by atoms with Crippen LogP contribution in [0.3, 0.4) is 0 Å². The first kappa shape index (κ1) is 41.1. The molecule has 5 aromatic carbocycles. The maximum absolute atomic E-state index is 12.9. The normalized spacial score (nSPS) is 19.1. The van der Waals surface area contributed by atoms with Crippen LogP contribution in [0.25, 0.3) is 11.1 Å². The predicted octanol–water partition coefficient (Wildman–Crippen LogP) is 6.59. The number of hydrogen-bond acceptors (Lipinski definition) is 9. The molecular formula is C46H51N3O8. The predicted molar refractivity (Wildman–Crippen MR) is 217 cm³/mol. The second kappa shape index (κ2) is 19.5. The van der Waals surface area contributed by atoms with Gasteiger partial charge in [-0.3, -0.25) is 0 Å². The van der Waals surface area contributed by atoms with Crippen LogP contribution in [0, 0.1) is 5.92 Å². The van der Waals surface area contributed by atoms with Crippen LogP contribution in [0.2, 0.25) is 0 Å². The zero-order chi connectivity index (χ0) is 40.3. The van der Waals surface area contributed by atoms with E-state index in [9.17, 15) is 24.9 Å². The van der Waals surface area contributed by atoms with Gasteiger partial charge in [-0.15, -0.1) is 0 Å². The van der Waals surface area contributed by atoms with Crippen LogP contribution in [0.15, 0.2) is 127 Å². The van der Waals surface area contributed by atoms with Gasteiger partial charge < -0.3 is 45.1 Å². The van der Waals surface area contributed by atoms with Crippen LogP contribution in [0.5, 0.6) is 5.75 Å². The number of ether oxygens (including phenoxy) is 3. The molecule has 5 N–H and O–H groups in total. The SMILES string of the molecule is COC(=O)[C@H](Cc1ccccc1)NC(=O)NCc1cccc(-c2cccc([C@H]3O[C@@H](CN(C)C[C@@H](O)c4cccc(O)c4)[C@@H](C)[C@@H](c4ccc(CO)cc4)O3)c2)c1. The first-order valence-corrected chi connectivity index (χ1v) is 19.1. The molecule has 11 heteroatoms. The molecule has 0 radical (unpaired) electrons. The monoisotopic (exact) mass is 773 g/mol. The zero-order valence-electron chi connectivity index (χ0n) is 32.5. The van der Waals surface area contributed by atoms with Gasteiger partial charge in [0.25, 0.3) is 0 Å². The average Bonchev–Trinajstić information content (AvgIpc) is 3.23. The van der Waals surface area contributed by atoms with E-state index < -0.39 is 30.4 Å². The molecule has 1 fully saturated rings. The highest BCUT2D eigenvalue weighted by Gasteiger charge is 2.39. The van der Waals surface area contributed by atoms with Crippen LogP contribution in [-0.2, 0) is 38.6 Å². The topological polar surface area (TPSA) is 150 Å². The molecule has 298 valence electrons. The van der Waals surface area contributed by atoms with Gasteiger partial charge in [0.15, 0.2) is 6.29 Å². The fourth-order valence-corrected chi connectivity index (χ4v) is 7.15. The summed E-state index contributed by atoms with van der Waals surface area (Å²) >= 11 is 0. The highest BCUT2D eigenvalue weighted by molar-refractivity contribution is 5.83. The number of hydrogen-bond donors (Lipinski definition) is 5. The summed E-state index contributed by atoms with van der Waals surface area (Å²) in [5.41, 5.74) is 6.89. The Morgan fingerprint density at radius 3 is 2.23 bits per heavy atom. The lowest BCUT2D eigenvalue weighted by atomic mass is 9.89. The van der Waals surface area contributed by atoms with Crippen LogP contribution >= 0.6 is 0 Å². The van der Waals surface area contributed by atoms with Crippen molar-refractivity contribution in [1.82, 2.24) is 15.5 Å². The number of phenolic OH excluding ortho intramolecular Hbond substituents is 1. The standard InChI is InChI=1S/C46H51N3O8/c1-30-42(28-49(2)27-41(52)37-15-9-17-39(51)25-37)56-45(57-43(30)34-20-18-32(29-50)19-21-34)38-16-8-14-36(24-38)35-13-7-12-33(22-35)26-47-46(54)48-40(44(53)55-3)23-31-10-5-4-6-11-31/h4-22,24-25,30,40-43,45,50-52H,23,26-29H2,1-3H3,(H2,47,48,54)/t30-,40+,41-,42+,43+,45+/m1/s1. The zero-order valence-corrected chi connectivity index (χ0v) is 32.5. The van der Waals surface area contributed by atoms with Crippen molar-refractivity contribution in [3.63, 3.8) is 0 Å². The molecule has 1 aliphatic rings. The number of nitrogens with one attached hydrogen (secondary N) is 2. The highest BCUT2D eigenvalue weighted by Crippen LogP contribution is 2.42. The molecule has 11 nitrogen and oxygen atoms in total. The van der Waals surface area contributed by atoms with Gasteiger partial charge in [-0.25, -0.2) is 9.59 Å². The molecule has 0 saturated carbocycles. The molecule has 0 aliphatic carbocycles. The van der Waals surface area contributed by atoms with Crippen LogP contribution < -0.4 is 10.6 Å². The van der Waals surface area contributed by atoms with E-state index in [1.807, 2.05) is 115 Å². The van der Waals surface area contributed by atoms with E-state index in [4.69, 9.17) is 14.2 Å². The minimum absolute atomic E-state index is 0.0517. The lowest BCUT2D eigenvalue weighted by molar-refractivity contribution is -0.276. The summed E-state index contributed by atoms with van der Waals surface area (Å²) in [5.74, 6) is -0.483. The number of methoxy groups -OCH3 is 1. The van der Waals surface area contributed by atoms with Crippen molar-refractivity contribution in [2.24, 2.45) is 5.92 Å². The Balaban J connectivity index is 1.16. The minimum Gasteiger partial charge on any atom is -0.508 e. The van der Waals surface area contributed by atoms with Gasteiger partial charge in [0, 0.05) is 37.5 Å². The fraction of sp³-hybridized carbons (Fsp3) is 0.304. The number of aliphatic hydroxyl groups is 2. The maximum Gasteiger partial charge on any atom is 0.328 e. The number of benzene rings is 5. The summed E-state index contributed by atoms with van der Waals surface area (Å²) in [5, 5.41) is 36.2. The Morgan fingerprint density at radius 1 is 0.807 bits per heavy atom. The highest BCUT2D eigenvalue weighted by atomic mass is 16.7. The Bertz CT molecular complexity index is 2080. The summed E-state index contributed by atoms with van der Waals surface area (Å²) in [6.07, 6.45) is -1.80. The minimum atomic E-state index is -0.838. The quantitative estimate of drug-likeness (QED) is 0.0743. The van der Waals surface area contributed by atoms with Crippen LogP contribution in [-0.4, -0.2) is 71.6 Å². The van der Waals surface area contributed by atoms with Gasteiger partial charge in [-0.2, -0.15) is 0 Å². The Labute approximate surface area is 333 Å². The van der Waals surface area contributed by atoms with Crippen molar-refractivity contribution in [3.05, 3.63) is 161 Å². The summed E-state index contributed by atoms with van der Waals surface area (Å²) in [6, 6.07) is 38.4. The summed E-state index contributed by atoms with van der Waals surface area (Å²) in [7, 11) is 3.24. The summed E-state index contributed by atoms with van der Waals surface area (Å²) in [4.78, 5) is 27.4. The number of likely N-dealkylation sites (N-methyl/N-ethyl adjacent to an activating group) is 1. The number of phenols is 1. The van der Waals surface area contributed by atoms with Crippen LogP contribution in [0.1, 0.15) is 58.8 Å². The smallest absolute Gasteiger partial charge is 0.328 e. The largest absolute Gasteiger partial charge is 0.508 e. The molecule has 1 saturated heterocycles. The van der Waals surface area contributed by atoms with E-state index in [0.29, 0.717) is 25.1 Å². The molecular weight excluding hydrogens is 723 g/mol. The number of rotatable bonds is 15. The summed E-state index contributed by atoms with van der Waals surface area (Å²) < 4.78 is 18.4. The number of urea groups is 1. The number of carbonyl (C=O) groups is 2. The van der Waals surface area contributed by atoms with Gasteiger partial charge in [0.1, 0.15) is 11.8 Å². The fourth-order valence-electron chi connectivity index (χ4n) is 7.15. The molecule has 57 heavy (non-hydrogen) atoms. The number of aliphatic hydroxyl groups excluding tert-OH is 2. The average molecular weight is 774 g/mol. The third-order valence-corrected chi connectivity index (χ3v) is 10.3. The first-order chi connectivity index (χ1) is 27.6. The Kier molecular flexibility index (Phi) is 14.1. The van der Waals surface area contributed by atoms with Gasteiger partial charge >= 0.3 is 12.0 Å². The third-order valence-electron chi connectivity index (χ3n) is 10.3. The van der Waals surface area contributed by atoms with Gasteiger partial charge in [0.05, 0.1) is 32.0 Å². The molecule has 0 aromatic heterocycles. The number of nitrogens with zero attached hydrogens (tertiary/aromatic N) is 1. The molecule has 1 aliphatic heterocycles. The van der Waals surface area contributed by atoms with Crippen molar-refractivity contribution in [1.29, 1.82) is 0 Å². The van der Waals surface area contributed by atoms with Crippen molar-refractivity contribution < 1.29 is 39.1 Å². The van der Waals surface area contributed by atoms with Gasteiger partial charge in [0.2, 0.25) is 0 Å². The molecule has 5 aromatic rings. The summed E-state index contributed by atoms with van der Waals surface area (Å²) in [6.45, 7) is 3.12. The van der Waals surface area contributed by atoms with E-state index in [1.54, 1.807) is 24.3 Å². The Morgan fingerprint density at radius 2 is 1.51 bits per heavy atom. The van der Waals surface area contributed by atoms with Crippen molar-refractivity contribution in [2.75, 3.05) is 27.2 Å². The second-order valence-corrected chi connectivity index (χ2v) is 14.6. The van der Waals surface area contributed by atoms with E-state index in [2.05, 4.69) is 17.6 Å². The van der Waals surface area contributed by atoms with E-state index in [1.165, 1.54) is 7.11 Å². The van der Waals surface area contributed by atoms with Gasteiger partial charge in [-0.05, 0) is 70.3 Å². The van der Waals surface area contributed by atoms with E-state index in [-0.39, 0.29) is 37.0 Å². The Hall–Kier alpha value is -5.56. The molecule has 0 bridgehead atoms. The van der Waals surface area contributed by atoms with Crippen molar-refractivity contribution >= 4 is 12.0 Å². The number of carbonyl (C=O) groups excluding carboxylic acids is 2. The van der Waals surface area contributed by atoms with Gasteiger partial charge in [-0.1, -0.05) is 110 Å². The van der Waals surface area contributed by atoms with Crippen molar-refractivity contribution in [3.8, 4) is 16.9 Å². The molecule has 6 atom stereocenters. The van der Waals surface area contributed by atoms with Crippen LogP contribution in [0.4, 0.5) is 4.79 Å². The lowest BCUT2D eigenvalue weighted by Gasteiger charge is -2.42. The molecule has 0 unspecified atom stereocenters. The first-order valence-electron chi connectivity index (χ1n) is 19.1. The third kappa shape index (κ3) is 11.1. The number of amides is 2. The lowest BCUT2D eigenvalue weighted by Crippen LogP contribution is -2.47. The molecule has 1 heterocycles. The molecule has 6 rings (SSSR count). The van der Waals surface area contributed by atoms with Crippen molar-refractivity contribution in [2.45, 2.75) is 57.1 Å². The van der Waals surface area contributed by atoms with E-state index >= 15 is 0 Å². The molecule has 2 amide bonds. The van der Waals surface area contributed by atoms with E-state index in [0.717, 1.165) is 38.9 Å². The second-order valence-electron chi connectivity index (χ2n) is 14.6. The maximum atomic E-state index is 12.9. The number of aromatic hydroxyl groups is 1. The number of esters is 1. The molecule has 0 spiro atoms.